The summed E-state index contributed by atoms with van der Waals surface area (Å²) in [4.78, 5) is 12.0. The first-order chi connectivity index (χ1) is 15.7. The van der Waals surface area contributed by atoms with Gasteiger partial charge in [0.15, 0.2) is 10.3 Å². The Morgan fingerprint density at radius 1 is 1.06 bits per heavy atom. The Kier molecular flexibility index (Phi) is 5.12. The number of aliphatic imine (C=N–C) groups is 1. The number of anilines is 1. The molecule has 0 amide bonds. The number of nitrogens with zero attached hydrogens (tertiary/aromatic N) is 3. The summed E-state index contributed by atoms with van der Waals surface area (Å²) >= 11 is 3.63. The van der Waals surface area contributed by atoms with Crippen molar-refractivity contribution in [1.82, 2.24) is 9.88 Å². The molecule has 0 saturated carbocycles. The SMILES string of the molecule is CN1/C(=N\c2cccc(CCNc3nc4ccccc4s3)c2)SC2Cc3ccccc3[C@@H]21. The van der Waals surface area contributed by atoms with E-state index in [0.717, 1.165) is 40.9 Å². The van der Waals surface area contributed by atoms with Crippen molar-refractivity contribution >= 4 is 49.3 Å². The minimum atomic E-state index is 0.441. The molecule has 6 heteroatoms. The number of thioether (sulfide) groups is 1. The minimum absolute atomic E-state index is 0.441. The zero-order valence-corrected chi connectivity index (χ0v) is 19.5. The van der Waals surface area contributed by atoms with Crippen LogP contribution >= 0.6 is 23.1 Å². The molecule has 1 aromatic heterocycles. The van der Waals surface area contributed by atoms with E-state index in [9.17, 15) is 0 Å². The molecule has 4 nitrogen and oxygen atoms in total. The Hall–Kier alpha value is -2.83. The van der Waals surface area contributed by atoms with Crippen LogP contribution in [0.15, 0.2) is 77.8 Å². The lowest BCUT2D eigenvalue weighted by Gasteiger charge is -2.21. The lowest BCUT2D eigenvalue weighted by atomic mass is 10.1. The van der Waals surface area contributed by atoms with Gasteiger partial charge in [-0.1, -0.05) is 71.6 Å². The molecule has 0 radical (unpaired) electrons. The van der Waals surface area contributed by atoms with Gasteiger partial charge in [0.2, 0.25) is 0 Å². The maximum atomic E-state index is 5.03. The highest BCUT2D eigenvalue weighted by molar-refractivity contribution is 8.14. The van der Waals surface area contributed by atoms with E-state index < -0.39 is 0 Å². The number of amidine groups is 1. The zero-order chi connectivity index (χ0) is 21.5. The van der Waals surface area contributed by atoms with Crippen LogP contribution in [-0.2, 0) is 12.8 Å². The molecule has 2 atom stereocenters. The number of nitrogens with one attached hydrogen (secondary N) is 1. The standard InChI is InChI=1S/C26H24N4S2/c1-30-24-20-10-3-2-8-18(20)16-23(24)32-26(30)28-19-9-6-7-17(15-19)13-14-27-25-29-21-11-4-5-12-22(21)31-25/h2-12,15,23-24H,13-14,16H2,1H3,(H,27,29)/b28-26+/t23?,24-/m0/s1. The zero-order valence-electron chi connectivity index (χ0n) is 17.9. The average Bonchev–Trinajstić information content (AvgIpc) is 3.46. The van der Waals surface area contributed by atoms with Crippen molar-refractivity contribution in [3.05, 3.63) is 89.5 Å². The molecule has 2 heterocycles. The fourth-order valence-corrected chi connectivity index (χ4v) is 7.02. The molecule has 160 valence electrons. The predicted molar refractivity (Wildman–Crippen MR) is 137 cm³/mol. The molecule has 1 aliphatic carbocycles. The Morgan fingerprint density at radius 2 is 1.94 bits per heavy atom. The minimum Gasteiger partial charge on any atom is -0.361 e. The van der Waals surface area contributed by atoms with Crippen LogP contribution < -0.4 is 5.32 Å². The third-order valence-corrected chi connectivity index (χ3v) is 8.55. The van der Waals surface area contributed by atoms with Crippen LogP contribution in [-0.4, -0.2) is 33.9 Å². The average molecular weight is 457 g/mol. The maximum Gasteiger partial charge on any atom is 0.183 e. The van der Waals surface area contributed by atoms with Gasteiger partial charge in [-0.05, 0) is 53.8 Å². The molecule has 0 spiro atoms. The largest absolute Gasteiger partial charge is 0.361 e. The van der Waals surface area contributed by atoms with Gasteiger partial charge < -0.3 is 10.2 Å². The van der Waals surface area contributed by atoms with Crippen LogP contribution in [0.25, 0.3) is 10.2 Å². The fraction of sp³-hybridized carbons (Fsp3) is 0.231. The molecule has 1 saturated heterocycles. The molecule has 1 aliphatic heterocycles. The second-order valence-electron chi connectivity index (χ2n) is 8.34. The number of rotatable bonds is 5. The van der Waals surface area contributed by atoms with Crippen molar-refractivity contribution in [2.45, 2.75) is 24.1 Å². The highest BCUT2D eigenvalue weighted by Crippen LogP contribution is 2.48. The first kappa shape index (κ1) is 19.8. The van der Waals surface area contributed by atoms with Crippen molar-refractivity contribution < 1.29 is 0 Å². The molecular formula is C26H24N4S2. The first-order valence-electron chi connectivity index (χ1n) is 11.0. The van der Waals surface area contributed by atoms with Crippen LogP contribution in [0.5, 0.6) is 0 Å². The monoisotopic (exact) mass is 456 g/mol. The smallest absolute Gasteiger partial charge is 0.183 e. The highest BCUT2D eigenvalue weighted by Gasteiger charge is 2.43. The van der Waals surface area contributed by atoms with E-state index >= 15 is 0 Å². The van der Waals surface area contributed by atoms with Gasteiger partial charge in [0, 0.05) is 18.8 Å². The fourth-order valence-electron chi connectivity index (χ4n) is 4.70. The van der Waals surface area contributed by atoms with Crippen LogP contribution in [0.3, 0.4) is 0 Å². The van der Waals surface area contributed by atoms with Crippen LogP contribution in [0, 0.1) is 0 Å². The first-order valence-corrected chi connectivity index (χ1v) is 12.7. The second kappa shape index (κ2) is 8.26. The molecule has 0 bridgehead atoms. The summed E-state index contributed by atoms with van der Waals surface area (Å²) in [5.74, 6) is 0. The Morgan fingerprint density at radius 3 is 2.88 bits per heavy atom. The molecule has 32 heavy (non-hydrogen) atoms. The Labute approximate surface area is 196 Å². The molecule has 4 aromatic rings. The molecule has 6 rings (SSSR count). The van der Waals surface area contributed by atoms with Gasteiger partial charge in [-0.2, -0.15) is 0 Å². The van der Waals surface area contributed by atoms with Crippen molar-refractivity contribution in [3.63, 3.8) is 0 Å². The van der Waals surface area contributed by atoms with Gasteiger partial charge in [-0.3, -0.25) is 0 Å². The van der Waals surface area contributed by atoms with Gasteiger partial charge in [0.25, 0.3) is 0 Å². The summed E-state index contributed by atoms with van der Waals surface area (Å²) < 4.78 is 1.22. The normalized spacial score (nSPS) is 20.7. The summed E-state index contributed by atoms with van der Waals surface area (Å²) in [6.07, 6.45) is 2.07. The van der Waals surface area contributed by atoms with Crippen molar-refractivity contribution in [1.29, 1.82) is 0 Å². The van der Waals surface area contributed by atoms with E-state index in [0.29, 0.717) is 11.3 Å². The third-order valence-electron chi connectivity index (χ3n) is 6.24. The highest BCUT2D eigenvalue weighted by atomic mass is 32.2. The topological polar surface area (TPSA) is 40.5 Å². The number of para-hydroxylation sites is 1. The summed E-state index contributed by atoms with van der Waals surface area (Å²) in [7, 11) is 2.18. The Bertz CT molecular complexity index is 1280. The van der Waals surface area contributed by atoms with E-state index in [-0.39, 0.29) is 0 Å². The molecule has 1 fully saturated rings. The summed E-state index contributed by atoms with van der Waals surface area (Å²) in [6, 6.07) is 26.2. The number of hydrogen-bond acceptors (Lipinski definition) is 5. The number of fused-ring (bicyclic) bond motifs is 4. The summed E-state index contributed by atoms with van der Waals surface area (Å²) in [6.45, 7) is 0.857. The number of hydrogen-bond donors (Lipinski definition) is 1. The molecule has 3 aromatic carbocycles. The van der Waals surface area contributed by atoms with Crippen LogP contribution in [0.2, 0.25) is 0 Å². The molecule has 1 unspecified atom stereocenters. The second-order valence-corrected chi connectivity index (χ2v) is 10.6. The lowest BCUT2D eigenvalue weighted by molar-refractivity contribution is 0.402. The number of thiazole rings is 1. The predicted octanol–water partition coefficient (Wildman–Crippen LogP) is 6.28. The quantitative estimate of drug-likeness (QED) is 0.383. The maximum absolute atomic E-state index is 5.03. The van der Waals surface area contributed by atoms with Crippen molar-refractivity contribution in [2.75, 3.05) is 18.9 Å². The van der Waals surface area contributed by atoms with E-state index in [2.05, 4.69) is 89.0 Å². The van der Waals surface area contributed by atoms with Crippen LogP contribution in [0.1, 0.15) is 22.7 Å². The molecule has 2 aliphatic rings. The van der Waals surface area contributed by atoms with E-state index in [1.165, 1.54) is 21.4 Å². The Balaban J connectivity index is 1.13. The molecule has 1 N–H and O–H groups in total. The van der Waals surface area contributed by atoms with E-state index in [1.54, 1.807) is 11.3 Å². The molecular weight excluding hydrogens is 432 g/mol. The lowest BCUT2D eigenvalue weighted by Crippen LogP contribution is -2.23. The van der Waals surface area contributed by atoms with Gasteiger partial charge in [-0.25, -0.2) is 9.98 Å². The third kappa shape index (κ3) is 3.67. The number of aromatic nitrogens is 1. The number of benzene rings is 3. The van der Waals surface area contributed by atoms with E-state index in [1.807, 2.05) is 17.8 Å². The van der Waals surface area contributed by atoms with Gasteiger partial charge in [0.1, 0.15) is 0 Å². The van der Waals surface area contributed by atoms with Crippen molar-refractivity contribution in [2.24, 2.45) is 4.99 Å². The van der Waals surface area contributed by atoms with E-state index in [4.69, 9.17) is 4.99 Å². The van der Waals surface area contributed by atoms with Gasteiger partial charge >= 0.3 is 0 Å². The van der Waals surface area contributed by atoms with Crippen molar-refractivity contribution in [3.8, 4) is 0 Å². The van der Waals surface area contributed by atoms with Gasteiger partial charge in [-0.15, -0.1) is 0 Å². The summed E-state index contributed by atoms with van der Waals surface area (Å²) in [5, 5.41) is 6.15. The summed E-state index contributed by atoms with van der Waals surface area (Å²) in [5.41, 5.74) is 6.33. The van der Waals surface area contributed by atoms with Gasteiger partial charge in [0.05, 0.1) is 21.9 Å². The van der Waals surface area contributed by atoms with Crippen LogP contribution in [0.4, 0.5) is 10.8 Å².